The molecule has 4 heteroatoms. The van der Waals surface area contributed by atoms with E-state index in [1.165, 1.54) is 18.5 Å². The van der Waals surface area contributed by atoms with Crippen molar-refractivity contribution in [2.75, 3.05) is 19.8 Å². The van der Waals surface area contributed by atoms with Gasteiger partial charge in [0.25, 0.3) is 0 Å². The molecule has 3 rings (SSSR count). The van der Waals surface area contributed by atoms with Crippen LogP contribution >= 0.6 is 0 Å². The van der Waals surface area contributed by atoms with E-state index in [0.29, 0.717) is 6.04 Å². The average Bonchev–Trinajstić information content (AvgIpc) is 3.01. The molecule has 1 N–H and O–H groups in total. The molecule has 0 amide bonds. The predicted octanol–water partition coefficient (Wildman–Crippen LogP) is 1.83. The van der Waals surface area contributed by atoms with E-state index in [4.69, 9.17) is 4.74 Å². The van der Waals surface area contributed by atoms with Gasteiger partial charge in [-0.2, -0.15) is 0 Å². The van der Waals surface area contributed by atoms with Crippen molar-refractivity contribution in [3.8, 4) is 0 Å². The summed E-state index contributed by atoms with van der Waals surface area (Å²) in [5, 5.41) is 3.56. The Morgan fingerprint density at radius 3 is 3.00 bits per heavy atom. The quantitative estimate of drug-likeness (QED) is 0.850. The van der Waals surface area contributed by atoms with Gasteiger partial charge in [-0.05, 0) is 39.2 Å². The topological polar surface area (TPSA) is 39.1 Å². The molecule has 0 aliphatic carbocycles. The summed E-state index contributed by atoms with van der Waals surface area (Å²) in [4.78, 5) is 4.37. The Bertz CT molecular complexity index is 376. The highest BCUT2D eigenvalue weighted by Crippen LogP contribution is 2.33. The van der Waals surface area contributed by atoms with E-state index < -0.39 is 0 Å². The molecule has 2 aliphatic heterocycles. The fourth-order valence-electron chi connectivity index (χ4n) is 3.00. The van der Waals surface area contributed by atoms with Gasteiger partial charge in [-0.15, -0.1) is 0 Å². The van der Waals surface area contributed by atoms with Crippen LogP contribution in [0.25, 0.3) is 0 Å². The largest absolute Gasteiger partial charge is 0.381 e. The van der Waals surface area contributed by atoms with Gasteiger partial charge >= 0.3 is 0 Å². The zero-order valence-corrected chi connectivity index (χ0v) is 10.5. The van der Waals surface area contributed by atoms with Crippen LogP contribution in [0, 0.1) is 0 Å². The summed E-state index contributed by atoms with van der Waals surface area (Å²) in [7, 11) is 0. The first kappa shape index (κ1) is 11.2. The van der Waals surface area contributed by atoms with Crippen molar-refractivity contribution in [1.82, 2.24) is 14.9 Å². The molecule has 0 aromatic carbocycles. The van der Waals surface area contributed by atoms with Gasteiger partial charge in [0.15, 0.2) is 0 Å². The number of aromatic nitrogens is 2. The van der Waals surface area contributed by atoms with Crippen molar-refractivity contribution in [1.29, 1.82) is 0 Å². The van der Waals surface area contributed by atoms with Crippen LogP contribution in [0.4, 0.5) is 0 Å². The Kier molecular flexibility index (Phi) is 2.92. The minimum atomic E-state index is 0.189. The van der Waals surface area contributed by atoms with E-state index in [0.717, 1.165) is 32.6 Å². The lowest BCUT2D eigenvalue weighted by Crippen LogP contribution is -2.38. The number of imidazole rings is 1. The zero-order chi connectivity index (χ0) is 11.7. The van der Waals surface area contributed by atoms with Crippen LogP contribution in [0.5, 0.6) is 0 Å². The third kappa shape index (κ3) is 2.00. The normalized spacial score (nSPS) is 28.4. The minimum Gasteiger partial charge on any atom is -0.381 e. The van der Waals surface area contributed by atoms with Crippen LogP contribution < -0.4 is 5.32 Å². The minimum absolute atomic E-state index is 0.189. The summed E-state index contributed by atoms with van der Waals surface area (Å²) < 4.78 is 7.87. The van der Waals surface area contributed by atoms with Crippen LogP contribution in [0.15, 0.2) is 12.5 Å². The highest BCUT2D eigenvalue weighted by Gasteiger charge is 2.32. The van der Waals surface area contributed by atoms with Gasteiger partial charge in [0.1, 0.15) is 0 Å². The molecule has 1 aromatic rings. The molecular weight excluding hydrogens is 214 g/mol. The van der Waals surface area contributed by atoms with Crippen molar-refractivity contribution >= 4 is 0 Å². The predicted molar refractivity (Wildman–Crippen MR) is 65.9 cm³/mol. The number of hydrogen-bond donors (Lipinski definition) is 1. The number of ether oxygens (including phenoxy) is 1. The van der Waals surface area contributed by atoms with Crippen LogP contribution in [-0.4, -0.2) is 29.3 Å². The van der Waals surface area contributed by atoms with Gasteiger partial charge in [-0.25, -0.2) is 4.98 Å². The smallest absolute Gasteiger partial charge is 0.0953 e. The molecule has 3 heterocycles. The summed E-state index contributed by atoms with van der Waals surface area (Å²) in [5.41, 5.74) is 1.54. The summed E-state index contributed by atoms with van der Waals surface area (Å²) in [6, 6.07) is 0.497. The Balaban J connectivity index is 1.89. The first-order valence-corrected chi connectivity index (χ1v) is 6.63. The molecule has 2 saturated heterocycles. The second-order valence-corrected chi connectivity index (χ2v) is 5.45. The van der Waals surface area contributed by atoms with Gasteiger partial charge < -0.3 is 14.6 Å². The van der Waals surface area contributed by atoms with E-state index in [1.807, 2.05) is 12.5 Å². The van der Waals surface area contributed by atoms with Crippen molar-refractivity contribution in [2.24, 2.45) is 0 Å². The highest BCUT2D eigenvalue weighted by atomic mass is 16.5. The van der Waals surface area contributed by atoms with Crippen molar-refractivity contribution in [3.63, 3.8) is 0 Å². The second-order valence-electron chi connectivity index (χ2n) is 5.45. The number of nitrogens with one attached hydrogen (secondary N) is 1. The molecule has 0 spiro atoms. The van der Waals surface area contributed by atoms with Crippen molar-refractivity contribution in [3.05, 3.63) is 18.2 Å². The van der Waals surface area contributed by atoms with Crippen LogP contribution in [0.3, 0.4) is 0 Å². The first-order valence-electron chi connectivity index (χ1n) is 6.63. The lowest BCUT2D eigenvalue weighted by molar-refractivity contribution is 0.0278. The Hall–Kier alpha value is -0.870. The summed E-state index contributed by atoms with van der Waals surface area (Å²) in [5.74, 6) is 0. The van der Waals surface area contributed by atoms with Gasteiger partial charge in [0, 0.05) is 31.0 Å². The number of hydrogen-bond acceptors (Lipinski definition) is 3. The lowest BCUT2D eigenvalue weighted by atomic mass is 9.91. The third-order valence-electron chi connectivity index (χ3n) is 4.24. The molecular formula is C13H21N3O. The summed E-state index contributed by atoms with van der Waals surface area (Å²) in [6.07, 6.45) is 8.71. The molecule has 0 bridgehead atoms. The molecule has 1 atom stereocenters. The first-order chi connectivity index (χ1) is 8.30. The highest BCUT2D eigenvalue weighted by molar-refractivity contribution is 5.11. The lowest BCUT2D eigenvalue weighted by Gasteiger charge is -2.37. The van der Waals surface area contributed by atoms with Crippen molar-refractivity contribution < 1.29 is 4.74 Å². The Morgan fingerprint density at radius 2 is 2.29 bits per heavy atom. The van der Waals surface area contributed by atoms with E-state index in [-0.39, 0.29) is 5.54 Å². The molecule has 94 valence electrons. The van der Waals surface area contributed by atoms with Gasteiger partial charge in [0.05, 0.1) is 12.0 Å². The van der Waals surface area contributed by atoms with Crippen LogP contribution in [0.1, 0.15) is 44.3 Å². The standard InChI is InChI=1S/C13H21N3O/c1-13(4-7-17-8-5-13)16-10-14-9-12(16)11-3-2-6-15-11/h9-11,15H,2-8H2,1H3. The fraction of sp³-hybridized carbons (Fsp3) is 0.769. The maximum atomic E-state index is 5.48. The summed E-state index contributed by atoms with van der Waals surface area (Å²) >= 11 is 0. The molecule has 0 saturated carbocycles. The van der Waals surface area contributed by atoms with Crippen LogP contribution in [-0.2, 0) is 10.3 Å². The van der Waals surface area contributed by atoms with E-state index in [9.17, 15) is 0 Å². The molecule has 4 nitrogen and oxygen atoms in total. The van der Waals surface area contributed by atoms with E-state index in [1.54, 1.807) is 0 Å². The van der Waals surface area contributed by atoms with E-state index >= 15 is 0 Å². The fourth-order valence-corrected chi connectivity index (χ4v) is 3.00. The second kappa shape index (κ2) is 4.42. The zero-order valence-electron chi connectivity index (χ0n) is 10.5. The number of rotatable bonds is 2. The van der Waals surface area contributed by atoms with Crippen LogP contribution in [0.2, 0.25) is 0 Å². The SMILES string of the molecule is CC1(n2cncc2C2CCCN2)CCOCC1. The molecule has 2 fully saturated rings. The van der Waals surface area contributed by atoms with Gasteiger partial charge in [0.2, 0.25) is 0 Å². The maximum absolute atomic E-state index is 5.48. The van der Waals surface area contributed by atoms with Gasteiger partial charge in [-0.3, -0.25) is 0 Å². The maximum Gasteiger partial charge on any atom is 0.0953 e. The third-order valence-corrected chi connectivity index (χ3v) is 4.24. The molecule has 0 radical (unpaired) electrons. The monoisotopic (exact) mass is 235 g/mol. The average molecular weight is 235 g/mol. The Labute approximate surface area is 102 Å². The molecule has 17 heavy (non-hydrogen) atoms. The molecule has 1 unspecified atom stereocenters. The van der Waals surface area contributed by atoms with E-state index in [2.05, 4.69) is 21.8 Å². The Morgan fingerprint density at radius 1 is 1.47 bits per heavy atom. The number of nitrogens with zero attached hydrogens (tertiary/aromatic N) is 2. The van der Waals surface area contributed by atoms with Gasteiger partial charge in [-0.1, -0.05) is 0 Å². The molecule has 2 aliphatic rings. The van der Waals surface area contributed by atoms with Crippen molar-refractivity contribution in [2.45, 2.75) is 44.2 Å². The molecule has 1 aromatic heterocycles. The summed E-state index contributed by atoms with van der Waals surface area (Å²) in [6.45, 7) is 5.20.